The highest BCUT2D eigenvalue weighted by Crippen LogP contribution is 2.31. The Balaban J connectivity index is 2.09. The van der Waals surface area contributed by atoms with Gasteiger partial charge in [0.05, 0.1) is 23.8 Å². The molecule has 22 heavy (non-hydrogen) atoms. The number of alkyl halides is 3. The fourth-order valence-electron chi connectivity index (χ4n) is 1.77. The Morgan fingerprint density at radius 2 is 1.91 bits per heavy atom. The van der Waals surface area contributed by atoms with Gasteiger partial charge < -0.3 is 4.74 Å². The maximum absolute atomic E-state index is 12.5. The van der Waals surface area contributed by atoms with Crippen LogP contribution in [0.15, 0.2) is 29.6 Å². The van der Waals surface area contributed by atoms with E-state index >= 15 is 0 Å². The van der Waals surface area contributed by atoms with Gasteiger partial charge in [0.1, 0.15) is 5.01 Å². The molecule has 0 radical (unpaired) electrons. The summed E-state index contributed by atoms with van der Waals surface area (Å²) in [5.74, 6) is -0.376. The third-order valence-corrected chi connectivity index (χ3v) is 3.64. The molecule has 118 valence electrons. The van der Waals surface area contributed by atoms with Gasteiger partial charge in [0.25, 0.3) is 0 Å². The highest BCUT2D eigenvalue weighted by Gasteiger charge is 2.30. The predicted octanol–water partition coefficient (Wildman–Crippen LogP) is 4.32. The lowest BCUT2D eigenvalue weighted by molar-refractivity contribution is -0.146. The average Bonchev–Trinajstić information content (AvgIpc) is 2.85. The molecule has 3 nitrogen and oxygen atoms in total. The zero-order chi connectivity index (χ0) is 16.3. The van der Waals surface area contributed by atoms with E-state index in [4.69, 9.17) is 4.74 Å². The van der Waals surface area contributed by atoms with Crippen molar-refractivity contribution in [3.63, 3.8) is 0 Å². The van der Waals surface area contributed by atoms with E-state index < -0.39 is 11.7 Å². The molecule has 0 atom stereocenters. The number of esters is 1. The van der Waals surface area contributed by atoms with Gasteiger partial charge in [-0.3, -0.25) is 4.79 Å². The van der Waals surface area contributed by atoms with Gasteiger partial charge in [0, 0.05) is 10.9 Å². The zero-order valence-electron chi connectivity index (χ0n) is 12.0. The Kier molecular flexibility index (Phi) is 4.85. The topological polar surface area (TPSA) is 39.2 Å². The summed E-state index contributed by atoms with van der Waals surface area (Å²) in [6.45, 7) is 3.51. The normalized spacial score (nSPS) is 11.7. The first-order valence-electron chi connectivity index (χ1n) is 6.57. The monoisotopic (exact) mass is 329 g/mol. The van der Waals surface area contributed by atoms with E-state index in [1.54, 1.807) is 19.2 Å². The Hall–Kier alpha value is -1.89. The molecule has 0 N–H and O–H groups in total. The van der Waals surface area contributed by atoms with E-state index in [9.17, 15) is 18.0 Å². The van der Waals surface area contributed by atoms with Gasteiger partial charge in [-0.25, -0.2) is 4.98 Å². The van der Waals surface area contributed by atoms with Crippen LogP contribution in [0, 0.1) is 0 Å². The van der Waals surface area contributed by atoms with Crippen molar-refractivity contribution >= 4 is 17.3 Å². The number of hydrogen-bond acceptors (Lipinski definition) is 4. The molecular weight excluding hydrogens is 315 g/mol. The first-order valence-corrected chi connectivity index (χ1v) is 7.45. The molecule has 1 heterocycles. The SMILES string of the molecule is CC(C)OC(=O)Cc1csc(-c2ccc(C(F)(F)F)cc2)n1. The molecule has 0 saturated carbocycles. The number of rotatable bonds is 4. The predicted molar refractivity (Wildman–Crippen MR) is 77.5 cm³/mol. The second-order valence-electron chi connectivity index (χ2n) is 4.93. The van der Waals surface area contributed by atoms with Crippen LogP contribution in [0.3, 0.4) is 0 Å². The van der Waals surface area contributed by atoms with E-state index in [2.05, 4.69) is 4.98 Å². The van der Waals surface area contributed by atoms with Crippen LogP contribution in [-0.4, -0.2) is 17.1 Å². The molecule has 1 aromatic carbocycles. The number of carbonyl (C=O) groups excluding carboxylic acids is 1. The molecule has 0 bridgehead atoms. The lowest BCUT2D eigenvalue weighted by atomic mass is 10.1. The smallest absolute Gasteiger partial charge is 0.416 e. The summed E-state index contributed by atoms with van der Waals surface area (Å²) in [4.78, 5) is 15.8. The maximum atomic E-state index is 12.5. The third kappa shape index (κ3) is 4.30. The van der Waals surface area contributed by atoms with Crippen molar-refractivity contribution in [2.45, 2.75) is 32.5 Å². The number of aromatic nitrogens is 1. The van der Waals surface area contributed by atoms with Crippen molar-refractivity contribution in [3.8, 4) is 10.6 Å². The van der Waals surface area contributed by atoms with Gasteiger partial charge in [-0.2, -0.15) is 13.2 Å². The minimum Gasteiger partial charge on any atom is -0.463 e. The van der Waals surface area contributed by atoms with Crippen LogP contribution < -0.4 is 0 Å². The second kappa shape index (κ2) is 6.48. The quantitative estimate of drug-likeness (QED) is 0.784. The number of nitrogens with zero attached hydrogens (tertiary/aromatic N) is 1. The minimum absolute atomic E-state index is 0.0509. The Morgan fingerprint density at radius 3 is 2.45 bits per heavy atom. The molecule has 0 aliphatic heterocycles. The summed E-state index contributed by atoms with van der Waals surface area (Å²) < 4.78 is 42.6. The van der Waals surface area contributed by atoms with Crippen molar-refractivity contribution in [2.75, 3.05) is 0 Å². The van der Waals surface area contributed by atoms with Crippen LogP contribution in [0.4, 0.5) is 13.2 Å². The number of thiazole rings is 1. The second-order valence-corrected chi connectivity index (χ2v) is 5.79. The molecule has 2 aromatic rings. The van der Waals surface area contributed by atoms with Crippen LogP contribution in [0.1, 0.15) is 25.1 Å². The first kappa shape index (κ1) is 16.5. The van der Waals surface area contributed by atoms with Crippen molar-refractivity contribution < 1.29 is 22.7 Å². The summed E-state index contributed by atoms with van der Waals surface area (Å²) in [6.07, 6.45) is -4.50. The Labute approximate surface area is 129 Å². The molecule has 1 aromatic heterocycles. The lowest BCUT2D eigenvalue weighted by Crippen LogP contribution is -2.13. The van der Waals surface area contributed by atoms with Crippen LogP contribution >= 0.6 is 11.3 Å². The number of carbonyl (C=O) groups is 1. The van der Waals surface area contributed by atoms with Gasteiger partial charge in [-0.15, -0.1) is 11.3 Å². The summed E-state index contributed by atoms with van der Waals surface area (Å²) in [7, 11) is 0. The van der Waals surface area contributed by atoms with Crippen molar-refractivity contribution in [1.29, 1.82) is 0 Å². The largest absolute Gasteiger partial charge is 0.463 e. The standard InChI is InChI=1S/C15H14F3NO2S/c1-9(2)21-13(20)7-12-8-22-14(19-12)10-3-5-11(6-4-10)15(16,17)18/h3-6,8-9H,7H2,1-2H3. The molecule has 0 unspecified atom stereocenters. The molecule has 0 fully saturated rings. The molecule has 7 heteroatoms. The van der Waals surface area contributed by atoms with E-state index in [0.29, 0.717) is 16.3 Å². The number of halogens is 3. The molecular formula is C15H14F3NO2S. The molecule has 0 spiro atoms. The van der Waals surface area contributed by atoms with E-state index in [0.717, 1.165) is 12.1 Å². The highest BCUT2D eigenvalue weighted by molar-refractivity contribution is 7.13. The van der Waals surface area contributed by atoms with Crippen molar-refractivity contribution in [1.82, 2.24) is 4.98 Å². The van der Waals surface area contributed by atoms with Crippen LogP contribution in [0.5, 0.6) is 0 Å². The highest BCUT2D eigenvalue weighted by atomic mass is 32.1. The average molecular weight is 329 g/mol. The van der Waals surface area contributed by atoms with Gasteiger partial charge in [0.2, 0.25) is 0 Å². The Bertz CT molecular complexity index is 648. The molecule has 0 amide bonds. The van der Waals surface area contributed by atoms with Crippen molar-refractivity contribution in [3.05, 3.63) is 40.9 Å². The Morgan fingerprint density at radius 1 is 1.27 bits per heavy atom. The molecule has 2 rings (SSSR count). The number of benzene rings is 1. The zero-order valence-corrected chi connectivity index (χ0v) is 12.8. The first-order chi connectivity index (χ1) is 10.3. The number of ether oxygens (including phenoxy) is 1. The van der Waals surface area contributed by atoms with E-state index in [1.165, 1.54) is 23.5 Å². The third-order valence-electron chi connectivity index (χ3n) is 2.70. The fourth-order valence-corrected chi connectivity index (χ4v) is 2.60. The molecule has 0 aliphatic carbocycles. The fraction of sp³-hybridized carbons (Fsp3) is 0.333. The van der Waals surface area contributed by atoms with E-state index in [-0.39, 0.29) is 18.5 Å². The van der Waals surface area contributed by atoms with Crippen molar-refractivity contribution in [2.24, 2.45) is 0 Å². The summed E-state index contributed by atoms with van der Waals surface area (Å²) in [5, 5.41) is 2.27. The summed E-state index contributed by atoms with van der Waals surface area (Å²) in [5.41, 5.74) is 0.431. The van der Waals surface area contributed by atoms with Gasteiger partial charge in [-0.05, 0) is 26.0 Å². The molecule has 0 aliphatic rings. The minimum atomic E-state index is -4.35. The lowest BCUT2D eigenvalue weighted by Gasteiger charge is -2.06. The van der Waals surface area contributed by atoms with Crippen LogP contribution in [-0.2, 0) is 22.1 Å². The maximum Gasteiger partial charge on any atom is 0.416 e. The molecule has 0 saturated heterocycles. The van der Waals surface area contributed by atoms with Gasteiger partial charge in [0.15, 0.2) is 0 Å². The summed E-state index contributed by atoms with van der Waals surface area (Å²) in [6, 6.07) is 4.78. The summed E-state index contributed by atoms with van der Waals surface area (Å²) >= 11 is 1.28. The van der Waals surface area contributed by atoms with Crippen LogP contribution in [0.2, 0.25) is 0 Å². The van der Waals surface area contributed by atoms with Crippen LogP contribution in [0.25, 0.3) is 10.6 Å². The van der Waals surface area contributed by atoms with E-state index in [1.807, 2.05) is 0 Å². The van der Waals surface area contributed by atoms with Gasteiger partial charge in [-0.1, -0.05) is 12.1 Å². The number of hydrogen-bond donors (Lipinski definition) is 0. The van der Waals surface area contributed by atoms with Gasteiger partial charge >= 0.3 is 12.1 Å².